The Labute approximate surface area is 241 Å². The maximum absolute atomic E-state index is 12.2. The Morgan fingerprint density at radius 3 is 1.52 bits per heavy atom. The zero-order chi connectivity index (χ0) is 31.2. The molecule has 2 rings (SSSR count). The van der Waals surface area contributed by atoms with Gasteiger partial charge in [0.1, 0.15) is 18.1 Å². The van der Waals surface area contributed by atoms with Gasteiger partial charge in [-0.1, -0.05) is 6.07 Å². The highest BCUT2D eigenvalue weighted by atomic mass is 16.5. The Balaban J connectivity index is 2.53. The van der Waals surface area contributed by atoms with Crippen molar-refractivity contribution in [1.29, 1.82) is 0 Å². The number of carbonyl (C=O) groups is 6. The summed E-state index contributed by atoms with van der Waals surface area (Å²) in [6.07, 6.45) is -1.41. The fourth-order valence-electron chi connectivity index (χ4n) is 4.88. The van der Waals surface area contributed by atoms with Gasteiger partial charge in [0.05, 0.1) is 18.0 Å². The first-order valence-corrected chi connectivity index (χ1v) is 13.3. The summed E-state index contributed by atoms with van der Waals surface area (Å²) in [7, 11) is 0. The number of rotatable bonds is 16. The van der Waals surface area contributed by atoms with Gasteiger partial charge in [-0.05, 0) is 25.0 Å². The molecule has 1 aromatic heterocycles. The van der Waals surface area contributed by atoms with Gasteiger partial charge in [-0.3, -0.25) is 48.5 Å². The van der Waals surface area contributed by atoms with Crippen molar-refractivity contribution < 1.29 is 59.0 Å². The molecule has 0 aliphatic carbocycles. The van der Waals surface area contributed by atoms with Gasteiger partial charge in [0.15, 0.2) is 0 Å². The van der Waals surface area contributed by atoms with E-state index >= 15 is 0 Å². The van der Waals surface area contributed by atoms with E-state index in [4.69, 9.17) is 9.84 Å². The molecule has 0 amide bonds. The van der Waals surface area contributed by atoms with Gasteiger partial charge in [0.2, 0.25) is 0 Å². The zero-order valence-electron chi connectivity index (χ0n) is 22.9. The molecular weight excluding hydrogens is 560 g/mol. The number of aromatic nitrogens is 1. The smallest absolute Gasteiger partial charge is 0.321 e. The molecule has 232 valence electrons. The lowest BCUT2D eigenvalue weighted by atomic mass is 10.1. The summed E-state index contributed by atoms with van der Waals surface area (Å²) < 4.78 is 4.70. The Kier molecular flexibility index (Phi) is 13.7. The number of nitrogens with zero attached hydrogens (tertiary/aromatic N) is 4. The second kappa shape index (κ2) is 17.0. The molecule has 5 N–H and O–H groups in total. The number of ether oxygens (including phenoxy) is 1. The standard InChI is InChI=1S/C26H36N4O12/c31-16-42-13-8-21(26(40)41)30-12-10-28(19(24(36)37)4-6-22(32)33)9-11-29(20(25(38)39)5-7-23(34)35)14-17-2-1-3-18(15-30)27-17/h1-3,16,19-21H,4-15H2,(H,32,33)(H,34,35)(H,36,37)(H,38,39)(H,40,41)/t19-,20-,21-/m1/s1. The molecule has 0 saturated heterocycles. The molecule has 0 spiro atoms. The fourth-order valence-corrected chi connectivity index (χ4v) is 4.88. The second-order valence-corrected chi connectivity index (χ2v) is 9.78. The predicted octanol–water partition coefficient (Wildman–Crippen LogP) is -0.346. The van der Waals surface area contributed by atoms with Crippen LogP contribution in [0.25, 0.3) is 0 Å². The van der Waals surface area contributed by atoms with Crippen LogP contribution in [0.4, 0.5) is 0 Å². The highest BCUT2D eigenvalue weighted by Crippen LogP contribution is 2.18. The van der Waals surface area contributed by atoms with Crippen molar-refractivity contribution in [1.82, 2.24) is 19.7 Å². The molecule has 1 aliphatic heterocycles. The lowest BCUT2D eigenvalue weighted by Gasteiger charge is -2.36. The molecule has 2 heterocycles. The number of carboxylic acid groups (broad SMARTS) is 5. The SMILES string of the molecule is O=COCC[C@H](C(=O)O)N1CCN([C@H](CCC(=O)O)C(=O)O)CCN([C@H](CCC(=O)O)C(=O)O)Cc2cccc(n2)C1. The van der Waals surface area contributed by atoms with Gasteiger partial charge < -0.3 is 30.3 Å². The van der Waals surface area contributed by atoms with E-state index in [0.29, 0.717) is 11.4 Å². The molecular formula is C26H36N4O12. The van der Waals surface area contributed by atoms with Crippen LogP contribution in [0.1, 0.15) is 43.5 Å². The summed E-state index contributed by atoms with van der Waals surface area (Å²) in [6.45, 7) is -0.102. The molecule has 2 bridgehead atoms. The highest BCUT2D eigenvalue weighted by Gasteiger charge is 2.33. The largest absolute Gasteiger partial charge is 0.481 e. The summed E-state index contributed by atoms with van der Waals surface area (Å²) in [5.41, 5.74) is 0.873. The van der Waals surface area contributed by atoms with Gasteiger partial charge in [0, 0.05) is 58.5 Å². The van der Waals surface area contributed by atoms with E-state index in [-0.39, 0.29) is 71.6 Å². The van der Waals surface area contributed by atoms with Crippen LogP contribution in [0.15, 0.2) is 18.2 Å². The molecule has 1 aliphatic rings. The third-order valence-corrected chi connectivity index (χ3v) is 6.96. The van der Waals surface area contributed by atoms with E-state index in [1.165, 1.54) is 9.80 Å². The molecule has 1 aromatic rings. The average Bonchev–Trinajstić information content (AvgIpc) is 2.90. The normalized spacial score (nSPS) is 17.5. The monoisotopic (exact) mass is 596 g/mol. The molecule has 0 unspecified atom stereocenters. The molecule has 16 heteroatoms. The van der Waals surface area contributed by atoms with Crippen LogP contribution in [0.2, 0.25) is 0 Å². The highest BCUT2D eigenvalue weighted by molar-refractivity contribution is 5.76. The minimum atomic E-state index is -1.30. The predicted molar refractivity (Wildman–Crippen MR) is 141 cm³/mol. The Bertz CT molecular complexity index is 1120. The average molecular weight is 597 g/mol. The Morgan fingerprint density at radius 2 is 1.12 bits per heavy atom. The number of carbonyl (C=O) groups excluding carboxylic acids is 1. The Hall–Kier alpha value is -4.15. The molecule has 0 fully saturated rings. The summed E-state index contributed by atoms with van der Waals surface area (Å²) in [5, 5.41) is 48.2. The van der Waals surface area contributed by atoms with Crippen molar-refractivity contribution >= 4 is 36.3 Å². The number of fused-ring (bicyclic) bond motifs is 2. The first-order chi connectivity index (χ1) is 19.9. The zero-order valence-corrected chi connectivity index (χ0v) is 22.9. The minimum Gasteiger partial charge on any atom is -0.481 e. The number of hydrogen-bond donors (Lipinski definition) is 5. The van der Waals surface area contributed by atoms with Gasteiger partial charge in [-0.25, -0.2) is 0 Å². The summed E-state index contributed by atoms with van der Waals surface area (Å²) in [5.74, 6) is -6.15. The van der Waals surface area contributed by atoms with Crippen molar-refractivity contribution in [3.05, 3.63) is 29.6 Å². The summed E-state index contributed by atoms with van der Waals surface area (Å²) >= 11 is 0. The minimum absolute atomic E-state index is 0.00217. The van der Waals surface area contributed by atoms with Crippen molar-refractivity contribution in [2.75, 3.05) is 32.8 Å². The van der Waals surface area contributed by atoms with E-state index in [0.717, 1.165) is 0 Å². The van der Waals surface area contributed by atoms with Gasteiger partial charge in [-0.2, -0.15) is 0 Å². The maximum atomic E-state index is 12.2. The number of hydrogen-bond acceptors (Lipinski definition) is 11. The number of aliphatic carboxylic acids is 5. The second-order valence-electron chi connectivity index (χ2n) is 9.78. The third kappa shape index (κ3) is 11.0. The van der Waals surface area contributed by atoms with Crippen LogP contribution in [-0.4, -0.2) is 132 Å². The van der Waals surface area contributed by atoms with Crippen molar-refractivity contribution in [2.45, 2.75) is 63.3 Å². The molecule has 3 atom stereocenters. The van der Waals surface area contributed by atoms with Gasteiger partial charge >= 0.3 is 29.8 Å². The third-order valence-electron chi connectivity index (χ3n) is 6.96. The number of pyridine rings is 1. The maximum Gasteiger partial charge on any atom is 0.321 e. The first kappa shape index (κ1) is 34.1. The van der Waals surface area contributed by atoms with Crippen molar-refractivity contribution in [3.8, 4) is 0 Å². The van der Waals surface area contributed by atoms with E-state index in [2.05, 4.69) is 4.98 Å². The molecule has 42 heavy (non-hydrogen) atoms. The molecule has 0 saturated carbocycles. The van der Waals surface area contributed by atoms with Crippen LogP contribution in [-0.2, 0) is 46.6 Å². The lowest BCUT2D eigenvalue weighted by molar-refractivity contribution is -0.148. The summed E-state index contributed by atoms with van der Waals surface area (Å²) in [6, 6.07) is 1.32. The lowest BCUT2D eigenvalue weighted by Crippen LogP contribution is -2.52. The Morgan fingerprint density at radius 1 is 0.714 bits per heavy atom. The number of carboxylic acids is 5. The fraction of sp³-hybridized carbons (Fsp3) is 0.577. The molecule has 0 radical (unpaired) electrons. The first-order valence-electron chi connectivity index (χ1n) is 13.3. The topological polar surface area (TPSA) is 235 Å². The van der Waals surface area contributed by atoms with Crippen LogP contribution in [0.5, 0.6) is 0 Å². The van der Waals surface area contributed by atoms with Crippen LogP contribution < -0.4 is 0 Å². The van der Waals surface area contributed by atoms with Gasteiger partial charge in [0.25, 0.3) is 6.47 Å². The molecule has 0 aromatic carbocycles. The van der Waals surface area contributed by atoms with Crippen molar-refractivity contribution in [2.24, 2.45) is 0 Å². The van der Waals surface area contributed by atoms with Crippen molar-refractivity contribution in [3.63, 3.8) is 0 Å². The van der Waals surface area contributed by atoms with E-state index in [9.17, 15) is 49.2 Å². The van der Waals surface area contributed by atoms with Crippen LogP contribution in [0.3, 0.4) is 0 Å². The summed E-state index contributed by atoms with van der Waals surface area (Å²) in [4.78, 5) is 78.8. The van der Waals surface area contributed by atoms with Gasteiger partial charge in [-0.15, -0.1) is 0 Å². The van der Waals surface area contributed by atoms with E-state index in [1.807, 2.05) is 0 Å². The molecule has 16 nitrogen and oxygen atoms in total. The van der Waals surface area contributed by atoms with E-state index < -0.39 is 60.8 Å². The quantitative estimate of drug-likeness (QED) is 0.121. The van der Waals surface area contributed by atoms with Crippen LogP contribution >= 0.6 is 0 Å². The van der Waals surface area contributed by atoms with E-state index in [1.54, 1.807) is 23.1 Å². The van der Waals surface area contributed by atoms with Crippen LogP contribution in [0, 0.1) is 0 Å².